The summed E-state index contributed by atoms with van der Waals surface area (Å²) >= 11 is 0. The number of aryl methyl sites for hydroxylation is 3. The van der Waals surface area contributed by atoms with Crippen molar-refractivity contribution in [3.63, 3.8) is 0 Å². The predicted octanol–water partition coefficient (Wildman–Crippen LogP) is 2.80. The van der Waals surface area contributed by atoms with Gasteiger partial charge in [-0.05, 0) is 25.0 Å². The van der Waals surface area contributed by atoms with Crippen LogP contribution in [0.5, 0.6) is 0 Å². The molecular formula is C15H20N2O. The molecule has 0 fully saturated rings. The van der Waals surface area contributed by atoms with Gasteiger partial charge < -0.3 is 9.67 Å². The monoisotopic (exact) mass is 244 g/mol. The average Bonchev–Trinajstić information content (AvgIpc) is 2.76. The Morgan fingerprint density at radius 2 is 2.11 bits per heavy atom. The average molecular weight is 244 g/mol. The number of aliphatic hydroxyl groups excluding tert-OH is 1. The van der Waals surface area contributed by atoms with Crippen LogP contribution in [-0.2, 0) is 13.0 Å². The second-order valence-electron chi connectivity index (χ2n) is 4.73. The van der Waals surface area contributed by atoms with Crippen LogP contribution in [0.2, 0.25) is 0 Å². The predicted molar refractivity (Wildman–Crippen MR) is 72.5 cm³/mol. The number of aromatic nitrogens is 2. The van der Waals surface area contributed by atoms with Crippen molar-refractivity contribution in [2.24, 2.45) is 0 Å². The summed E-state index contributed by atoms with van der Waals surface area (Å²) in [4.78, 5) is 4.27. The third-order valence-electron chi connectivity index (χ3n) is 3.27. The van der Waals surface area contributed by atoms with Crippen molar-refractivity contribution >= 4 is 0 Å². The highest BCUT2D eigenvalue weighted by Crippen LogP contribution is 2.21. The molecule has 2 aromatic rings. The first-order valence-electron chi connectivity index (χ1n) is 6.37. The lowest BCUT2D eigenvalue weighted by Crippen LogP contribution is -2.11. The van der Waals surface area contributed by atoms with Crippen LogP contribution >= 0.6 is 0 Å². The van der Waals surface area contributed by atoms with Gasteiger partial charge in [-0.25, -0.2) is 4.98 Å². The fourth-order valence-corrected chi connectivity index (χ4v) is 2.30. The number of hydrogen-bond acceptors (Lipinski definition) is 2. The summed E-state index contributed by atoms with van der Waals surface area (Å²) in [6.07, 6.45) is 4.11. The molecule has 1 heterocycles. The van der Waals surface area contributed by atoms with E-state index >= 15 is 0 Å². The molecule has 0 saturated carbocycles. The van der Waals surface area contributed by atoms with E-state index < -0.39 is 6.10 Å². The maximum absolute atomic E-state index is 10.3. The maximum Gasteiger partial charge on any atom is 0.108 e. The van der Waals surface area contributed by atoms with Gasteiger partial charge in [-0.3, -0.25) is 0 Å². The van der Waals surface area contributed by atoms with Crippen molar-refractivity contribution in [3.8, 4) is 0 Å². The lowest BCUT2D eigenvalue weighted by molar-refractivity contribution is 0.154. The molecule has 0 aliphatic rings. The molecule has 0 aliphatic heterocycles. The lowest BCUT2D eigenvalue weighted by atomic mass is 10.0. The van der Waals surface area contributed by atoms with Crippen LogP contribution in [0.3, 0.4) is 0 Å². The number of aliphatic hydroxyl groups is 1. The van der Waals surface area contributed by atoms with Crippen molar-refractivity contribution < 1.29 is 5.11 Å². The summed E-state index contributed by atoms with van der Waals surface area (Å²) in [6, 6.07) is 6.16. The SMILES string of the molecule is CCc1nccn1CC(O)c1ccc(C)cc1C. The fraction of sp³-hybridized carbons (Fsp3) is 0.400. The van der Waals surface area contributed by atoms with Gasteiger partial charge in [0.2, 0.25) is 0 Å². The van der Waals surface area contributed by atoms with Gasteiger partial charge >= 0.3 is 0 Å². The van der Waals surface area contributed by atoms with Gasteiger partial charge in [0.15, 0.2) is 0 Å². The molecule has 1 aromatic carbocycles. The Morgan fingerprint density at radius 3 is 2.78 bits per heavy atom. The van der Waals surface area contributed by atoms with E-state index in [0.717, 1.165) is 23.4 Å². The summed E-state index contributed by atoms with van der Waals surface area (Å²) in [5, 5.41) is 10.3. The molecule has 0 amide bonds. The second kappa shape index (κ2) is 5.36. The fourth-order valence-electron chi connectivity index (χ4n) is 2.30. The minimum absolute atomic E-state index is 0.481. The molecule has 1 atom stereocenters. The molecule has 0 aliphatic carbocycles. The van der Waals surface area contributed by atoms with Crippen molar-refractivity contribution in [2.45, 2.75) is 39.8 Å². The molecule has 96 valence electrons. The molecule has 3 heteroatoms. The van der Waals surface area contributed by atoms with Crippen molar-refractivity contribution in [1.82, 2.24) is 9.55 Å². The summed E-state index contributed by atoms with van der Waals surface area (Å²) < 4.78 is 2.02. The highest BCUT2D eigenvalue weighted by Gasteiger charge is 2.12. The Kier molecular flexibility index (Phi) is 3.82. The molecule has 1 unspecified atom stereocenters. The van der Waals surface area contributed by atoms with Gasteiger partial charge in [0, 0.05) is 18.8 Å². The van der Waals surface area contributed by atoms with E-state index in [-0.39, 0.29) is 0 Å². The number of nitrogens with zero attached hydrogens (tertiary/aromatic N) is 2. The van der Waals surface area contributed by atoms with Crippen molar-refractivity contribution in [2.75, 3.05) is 0 Å². The van der Waals surface area contributed by atoms with Crippen LogP contribution in [0.15, 0.2) is 30.6 Å². The van der Waals surface area contributed by atoms with Gasteiger partial charge in [-0.2, -0.15) is 0 Å². The van der Waals surface area contributed by atoms with E-state index in [9.17, 15) is 5.11 Å². The minimum Gasteiger partial charge on any atom is -0.387 e. The zero-order valence-corrected chi connectivity index (χ0v) is 11.2. The first kappa shape index (κ1) is 12.8. The van der Waals surface area contributed by atoms with E-state index in [1.54, 1.807) is 6.20 Å². The van der Waals surface area contributed by atoms with Crippen LogP contribution in [-0.4, -0.2) is 14.7 Å². The Hall–Kier alpha value is -1.61. The topological polar surface area (TPSA) is 38.0 Å². The van der Waals surface area contributed by atoms with E-state index in [0.29, 0.717) is 6.54 Å². The van der Waals surface area contributed by atoms with Crippen LogP contribution in [0.25, 0.3) is 0 Å². The molecule has 0 radical (unpaired) electrons. The number of benzene rings is 1. The van der Waals surface area contributed by atoms with Crippen LogP contribution in [0.1, 0.15) is 35.5 Å². The van der Waals surface area contributed by atoms with E-state index in [2.05, 4.69) is 24.9 Å². The molecule has 3 nitrogen and oxygen atoms in total. The highest BCUT2D eigenvalue weighted by atomic mass is 16.3. The van der Waals surface area contributed by atoms with Crippen LogP contribution in [0.4, 0.5) is 0 Å². The van der Waals surface area contributed by atoms with E-state index in [1.165, 1.54) is 5.56 Å². The molecule has 1 N–H and O–H groups in total. The standard InChI is InChI=1S/C15H20N2O/c1-4-15-16-7-8-17(15)10-14(18)13-6-5-11(2)9-12(13)3/h5-9,14,18H,4,10H2,1-3H3. The van der Waals surface area contributed by atoms with Crippen LogP contribution < -0.4 is 0 Å². The van der Waals surface area contributed by atoms with Crippen molar-refractivity contribution in [3.05, 3.63) is 53.1 Å². The maximum atomic E-state index is 10.3. The van der Waals surface area contributed by atoms with Gasteiger partial charge in [0.25, 0.3) is 0 Å². The third-order valence-corrected chi connectivity index (χ3v) is 3.27. The number of hydrogen-bond donors (Lipinski definition) is 1. The first-order chi connectivity index (χ1) is 8.61. The van der Waals surface area contributed by atoms with Gasteiger partial charge in [0.1, 0.15) is 5.82 Å². The lowest BCUT2D eigenvalue weighted by Gasteiger charge is -2.16. The largest absolute Gasteiger partial charge is 0.387 e. The minimum atomic E-state index is -0.481. The van der Waals surface area contributed by atoms with Crippen LogP contribution in [0, 0.1) is 13.8 Å². The molecule has 18 heavy (non-hydrogen) atoms. The Bertz CT molecular complexity index is 531. The zero-order chi connectivity index (χ0) is 13.1. The smallest absolute Gasteiger partial charge is 0.108 e. The zero-order valence-electron chi connectivity index (χ0n) is 11.2. The number of rotatable bonds is 4. The summed E-state index contributed by atoms with van der Waals surface area (Å²) in [5.74, 6) is 1.01. The third kappa shape index (κ3) is 2.62. The van der Waals surface area contributed by atoms with Gasteiger partial charge in [-0.1, -0.05) is 30.7 Å². The summed E-state index contributed by atoms with van der Waals surface area (Å²) in [6.45, 7) is 6.74. The van der Waals surface area contributed by atoms with Gasteiger partial charge in [-0.15, -0.1) is 0 Å². The Balaban J connectivity index is 2.19. The molecule has 1 aromatic heterocycles. The van der Waals surface area contributed by atoms with E-state index in [4.69, 9.17) is 0 Å². The summed E-state index contributed by atoms with van der Waals surface area (Å²) in [7, 11) is 0. The van der Waals surface area contributed by atoms with Gasteiger partial charge in [0.05, 0.1) is 12.6 Å². The first-order valence-corrected chi connectivity index (χ1v) is 6.37. The Morgan fingerprint density at radius 1 is 1.33 bits per heavy atom. The quantitative estimate of drug-likeness (QED) is 0.898. The molecule has 0 saturated heterocycles. The molecule has 0 spiro atoms. The molecule has 0 bridgehead atoms. The molecular weight excluding hydrogens is 224 g/mol. The van der Waals surface area contributed by atoms with Crippen molar-refractivity contribution in [1.29, 1.82) is 0 Å². The van der Waals surface area contributed by atoms with E-state index in [1.807, 2.05) is 29.8 Å². The highest BCUT2D eigenvalue weighted by molar-refractivity contribution is 5.31. The second-order valence-corrected chi connectivity index (χ2v) is 4.73. The Labute approximate surface area is 108 Å². The summed E-state index contributed by atoms with van der Waals surface area (Å²) in [5.41, 5.74) is 3.36. The molecule has 2 rings (SSSR count). The normalized spacial score (nSPS) is 12.7. The number of imidazole rings is 1.